The first-order valence-corrected chi connectivity index (χ1v) is 8.28. The van der Waals surface area contributed by atoms with E-state index in [-0.39, 0.29) is 36.5 Å². The molecule has 8 heteroatoms. The SMILES string of the molecule is COc1cc(F)ccc1N1CCN(C(=O)C(N)c2ccccc2)CC1.Cl.Cl. The van der Waals surface area contributed by atoms with E-state index in [2.05, 4.69) is 4.90 Å². The molecule has 0 bridgehead atoms. The Morgan fingerprint density at radius 3 is 2.30 bits per heavy atom. The number of nitrogens with zero attached hydrogens (tertiary/aromatic N) is 2. The standard InChI is InChI=1S/C19H22FN3O2.2ClH/c1-25-17-13-15(20)7-8-16(17)22-9-11-23(12-10-22)19(24)18(21)14-5-3-2-4-6-14;;/h2-8,13,18H,9-12,21H2,1H3;2*1H. The quantitative estimate of drug-likeness (QED) is 0.833. The van der Waals surface area contributed by atoms with Gasteiger partial charge >= 0.3 is 0 Å². The fourth-order valence-corrected chi connectivity index (χ4v) is 3.08. The van der Waals surface area contributed by atoms with Crippen LogP contribution in [0.3, 0.4) is 0 Å². The molecule has 3 rings (SSSR count). The van der Waals surface area contributed by atoms with Crippen LogP contribution in [0.2, 0.25) is 0 Å². The highest BCUT2D eigenvalue weighted by Crippen LogP contribution is 2.30. The van der Waals surface area contributed by atoms with Crippen LogP contribution in [0.25, 0.3) is 0 Å². The number of carbonyl (C=O) groups is 1. The molecule has 2 aromatic carbocycles. The maximum atomic E-state index is 13.4. The van der Waals surface area contributed by atoms with Crippen molar-refractivity contribution in [2.24, 2.45) is 5.73 Å². The largest absolute Gasteiger partial charge is 0.494 e. The second-order valence-electron chi connectivity index (χ2n) is 6.02. The summed E-state index contributed by atoms with van der Waals surface area (Å²) in [5, 5.41) is 0. The Kier molecular flexibility index (Phi) is 8.82. The summed E-state index contributed by atoms with van der Waals surface area (Å²) in [5.41, 5.74) is 7.76. The van der Waals surface area contributed by atoms with Crippen molar-refractivity contribution in [3.05, 3.63) is 59.9 Å². The van der Waals surface area contributed by atoms with Crippen molar-refractivity contribution in [3.63, 3.8) is 0 Å². The molecule has 0 saturated carbocycles. The molecule has 148 valence electrons. The van der Waals surface area contributed by atoms with Crippen molar-refractivity contribution in [3.8, 4) is 5.75 Å². The molecule has 0 aliphatic carbocycles. The van der Waals surface area contributed by atoms with Crippen LogP contribution < -0.4 is 15.4 Å². The van der Waals surface area contributed by atoms with E-state index in [9.17, 15) is 9.18 Å². The summed E-state index contributed by atoms with van der Waals surface area (Å²) in [6.45, 7) is 2.43. The third-order valence-corrected chi connectivity index (χ3v) is 4.50. The lowest BCUT2D eigenvalue weighted by atomic mass is 10.1. The zero-order chi connectivity index (χ0) is 17.8. The molecule has 1 aliphatic rings. The van der Waals surface area contributed by atoms with Crippen molar-refractivity contribution >= 4 is 36.4 Å². The van der Waals surface area contributed by atoms with Crippen molar-refractivity contribution in [2.45, 2.75) is 6.04 Å². The first-order valence-electron chi connectivity index (χ1n) is 8.28. The number of halogens is 3. The van der Waals surface area contributed by atoms with Crippen LogP contribution in [0.4, 0.5) is 10.1 Å². The molecule has 2 N–H and O–H groups in total. The number of rotatable bonds is 4. The van der Waals surface area contributed by atoms with E-state index in [1.807, 2.05) is 30.3 Å². The monoisotopic (exact) mass is 415 g/mol. The fourth-order valence-electron chi connectivity index (χ4n) is 3.08. The maximum absolute atomic E-state index is 13.4. The lowest BCUT2D eigenvalue weighted by molar-refractivity contribution is -0.133. The van der Waals surface area contributed by atoms with Crippen LogP contribution in [0.1, 0.15) is 11.6 Å². The lowest BCUT2D eigenvalue weighted by Gasteiger charge is -2.37. The minimum atomic E-state index is -0.645. The first-order chi connectivity index (χ1) is 12.1. The fraction of sp³-hybridized carbons (Fsp3) is 0.316. The van der Waals surface area contributed by atoms with Gasteiger partial charge in [-0.3, -0.25) is 4.79 Å². The van der Waals surface area contributed by atoms with Gasteiger partial charge in [0.25, 0.3) is 0 Å². The molecule has 1 fully saturated rings. The number of piperazine rings is 1. The average Bonchev–Trinajstić information content (AvgIpc) is 2.67. The molecule has 27 heavy (non-hydrogen) atoms. The number of hydrogen-bond acceptors (Lipinski definition) is 4. The van der Waals surface area contributed by atoms with Gasteiger partial charge in [0.1, 0.15) is 17.6 Å². The van der Waals surface area contributed by atoms with Crippen molar-refractivity contribution < 1.29 is 13.9 Å². The summed E-state index contributed by atoms with van der Waals surface area (Å²) >= 11 is 0. The van der Waals surface area contributed by atoms with Gasteiger partial charge in [-0.05, 0) is 17.7 Å². The number of benzene rings is 2. The Morgan fingerprint density at radius 1 is 1.07 bits per heavy atom. The normalized spacial score (nSPS) is 14.6. The van der Waals surface area contributed by atoms with E-state index in [0.717, 1.165) is 11.3 Å². The Bertz CT molecular complexity index is 741. The van der Waals surface area contributed by atoms with E-state index < -0.39 is 6.04 Å². The molecular formula is C19H24Cl2FN3O2. The van der Waals surface area contributed by atoms with E-state index in [1.165, 1.54) is 19.2 Å². The number of amides is 1. The minimum Gasteiger partial charge on any atom is -0.494 e. The highest BCUT2D eigenvalue weighted by atomic mass is 35.5. The van der Waals surface area contributed by atoms with E-state index >= 15 is 0 Å². The topological polar surface area (TPSA) is 58.8 Å². The van der Waals surface area contributed by atoms with Crippen molar-refractivity contribution in [2.75, 3.05) is 38.2 Å². The second-order valence-corrected chi connectivity index (χ2v) is 6.02. The van der Waals surface area contributed by atoms with Crippen LogP contribution >= 0.6 is 24.8 Å². The van der Waals surface area contributed by atoms with Gasteiger partial charge in [0.2, 0.25) is 5.91 Å². The number of anilines is 1. The summed E-state index contributed by atoms with van der Waals surface area (Å²) in [6, 6.07) is 13.2. The van der Waals surface area contributed by atoms with Gasteiger partial charge in [-0.2, -0.15) is 0 Å². The Labute approximate surface area is 171 Å². The molecule has 2 aromatic rings. The van der Waals surface area contributed by atoms with Gasteiger partial charge in [0.15, 0.2) is 0 Å². The number of hydrogen-bond donors (Lipinski definition) is 1. The molecule has 1 heterocycles. The van der Waals surface area contributed by atoms with Gasteiger partial charge in [0, 0.05) is 32.2 Å². The molecule has 0 radical (unpaired) electrons. The molecule has 1 saturated heterocycles. The number of carbonyl (C=O) groups excluding carboxylic acids is 1. The molecular weight excluding hydrogens is 392 g/mol. The predicted octanol–water partition coefficient (Wildman–Crippen LogP) is 3.03. The third-order valence-electron chi connectivity index (χ3n) is 4.50. The van der Waals surface area contributed by atoms with Crippen LogP contribution in [0.15, 0.2) is 48.5 Å². The van der Waals surface area contributed by atoms with E-state index in [0.29, 0.717) is 31.9 Å². The molecule has 1 amide bonds. The van der Waals surface area contributed by atoms with Crippen molar-refractivity contribution in [1.82, 2.24) is 4.90 Å². The number of nitrogens with two attached hydrogens (primary N) is 1. The van der Waals surface area contributed by atoms with E-state index in [4.69, 9.17) is 10.5 Å². The average molecular weight is 416 g/mol. The summed E-state index contributed by atoms with van der Waals surface area (Å²) in [4.78, 5) is 16.5. The van der Waals surface area contributed by atoms with Gasteiger partial charge in [-0.15, -0.1) is 24.8 Å². The minimum absolute atomic E-state index is 0. The highest BCUT2D eigenvalue weighted by molar-refractivity contribution is 5.85. The third kappa shape index (κ3) is 5.25. The Morgan fingerprint density at radius 2 is 1.70 bits per heavy atom. The van der Waals surface area contributed by atoms with Crippen LogP contribution in [-0.2, 0) is 4.79 Å². The maximum Gasteiger partial charge on any atom is 0.244 e. The molecule has 1 atom stereocenters. The van der Waals surface area contributed by atoms with Crippen LogP contribution in [0.5, 0.6) is 5.75 Å². The van der Waals surface area contributed by atoms with Crippen molar-refractivity contribution in [1.29, 1.82) is 0 Å². The zero-order valence-electron chi connectivity index (χ0n) is 15.0. The first kappa shape index (κ1) is 23.0. The van der Waals surface area contributed by atoms with Crippen LogP contribution in [-0.4, -0.2) is 44.1 Å². The number of ether oxygens (including phenoxy) is 1. The number of methoxy groups -OCH3 is 1. The summed E-state index contributed by atoms with van der Waals surface area (Å²) in [7, 11) is 1.52. The highest BCUT2D eigenvalue weighted by Gasteiger charge is 2.27. The molecule has 0 aromatic heterocycles. The van der Waals surface area contributed by atoms with Gasteiger partial charge < -0.3 is 20.3 Å². The smallest absolute Gasteiger partial charge is 0.244 e. The van der Waals surface area contributed by atoms with Gasteiger partial charge in [-0.25, -0.2) is 4.39 Å². The molecule has 0 spiro atoms. The molecule has 1 unspecified atom stereocenters. The van der Waals surface area contributed by atoms with E-state index in [1.54, 1.807) is 11.0 Å². The second kappa shape index (κ2) is 10.3. The lowest BCUT2D eigenvalue weighted by Crippen LogP contribution is -2.51. The Balaban J connectivity index is 0.00000182. The predicted molar refractivity (Wildman–Crippen MR) is 110 cm³/mol. The van der Waals surface area contributed by atoms with Gasteiger partial charge in [-0.1, -0.05) is 30.3 Å². The van der Waals surface area contributed by atoms with Gasteiger partial charge in [0.05, 0.1) is 12.8 Å². The summed E-state index contributed by atoms with van der Waals surface area (Å²) in [6.07, 6.45) is 0. The molecule has 1 aliphatic heterocycles. The molecule has 5 nitrogen and oxygen atoms in total. The summed E-state index contributed by atoms with van der Waals surface area (Å²) < 4.78 is 18.6. The van der Waals surface area contributed by atoms with Crippen LogP contribution in [0, 0.1) is 5.82 Å². The Hall–Kier alpha value is -2.02. The summed E-state index contributed by atoms with van der Waals surface area (Å²) in [5.74, 6) is 0.0981. The zero-order valence-corrected chi connectivity index (χ0v) is 16.6.